The minimum atomic E-state index is 0.137. The summed E-state index contributed by atoms with van der Waals surface area (Å²) in [5.74, 6) is 1.82. The Morgan fingerprint density at radius 3 is 1.25 bits per heavy atom. The number of hydrogen-bond donors (Lipinski definition) is 2. The van der Waals surface area contributed by atoms with E-state index in [9.17, 15) is 0 Å². The molecule has 0 saturated heterocycles. The molecule has 2 aromatic heterocycles. The zero-order chi connectivity index (χ0) is 23.1. The Bertz CT molecular complexity index is 941. The summed E-state index contributed by atoms with van der Waals surface area (Å²) in [6.45, 7) is 11.2. The molecule has 32 heavy (non-hydrogen) atoms. The summed E-state index contributed by atoms with van der Waals surface area (Å²) in [6, 6.07) is 7.52. The molecule has 0 spiro atoms. The third-order valence-electron chi connectivity index (χ3n) is 4.68. The van der Waals surface area contributed by atoms with Crippen molar-refractivity contribution in [1.82, 2.24) is 29.9 Å². The van der Waals surface area contributed by atoms with Crippen LogP contribution in [0.15, 0.2) is 24.3 Å². The number of aromatic nitrogens is 6. The molecular weight excluding hydrogens is 451 g/mol. The van der Waals surface area contributed by atoms with Crippen LogP contribution in [0, 0.1) is 0 Å². The predicted octanol–water partition coefficient (Wildman–Crippen LogP) is 4.54. The number of hydrogen-bond acceptors (Lipinski definition) is 10. The minimum Gasteiger partial charge on any atom is -0.341 e. The molecule has 0 radical (unpaired) electrons. The first-order chi connectivity index (χ1) is 15.4. The molecule has 0 saturated carbocycles. The highest BCUT2D eigenvalue weighted by Gasteiger charge is 2.12. The Hall–Kier alpha value is -2.98. The Balaban J connectivity index is 1.74. The summed E-state index contributed by atoms with van der Waals surface area (Å²) in [4.78, 5) is 29.7. The Labute approximate surface area is 197 Å². The molecule has 0 bridgehead atoms. The van der Waals surface area contributed by atoms with Crippen molar-refractivity contribution in [2.45, 2.75) is 27.7 Å². The van der Waals surface area contributed by atoms with Crippen molar-refractivity contribution in [1.29, 1.82) is 0 Å². The van der Waals surface area contributed by atoms with Crippen LogP contribution in [-0.2, 0) is 0 Å². The van der Waals surface area contributed by atoms with Crippen molar-refractivity contribution in [3.8, 4) is 0 Å². The quantitative estimate of drug-likeness (QED) is 0.432. The summed E-state index contributed by atoms with van der Waals surface area (Å²) < 4.78 is 0. The first kappa shape index (κ1) is 23.7. The van der Waals surface area contributed by atoms with Crippen LogP contribution in [0.3, 0.4) is 0 Å². The van der Waals surface area contributed by atoms with E-state index in [1.165, 1.54) is 0 Å². The van der Waals surface area contributed by atoms with Gasteiger partial charge in [0.05, 0.1) is 0 Å². The third kappa shape index (κ3) is 6.04. The van der Waals surface area contributed by atoms with Crippen LogP contribution in [0.5, 0.6) is 0 Å². The summed E-state index contributed by atoms with van der Waals surface area (Å²) in [7, 11) is 0. The van der Waals surface area contributed by atoms with E-state index in [0.29, 0.717) is 23.8 Å². The summed E-state index contributed by atoms with van der Waals surface area (Å²) in [5, 5.41) is 6.59. The molecule has 0 fully saturated rings. The van der Waals surface area contributed by atoms with Crippen LogP contribution in [0.25, 0.3) is 0 Å². The fourth-order valence-corrected chi connectivity index (χ4v) is 3.29. The van der Waals surface area contributed by atoms with Crippen molar-refractivity contribution in [3.05, 3.63) is 34.8 Å². The zero-order valence-electron chi connectivity index (χ0n) is 18.5. The summed E-state index contributed by atoms with van der Waals surface area (Å²) >= 11 is 12.2. The van der Waals surface area contributed by atoms with Gasteiger partial charge in [0.25, 0.3) is 0 Å². The van der Waals surface area contributed by atoms with Gasteiger partial charge in [-0.15, -0.1) is 0 Å². The van der Waals surface area contributed by atoms with E-state index in [2.05, 4.69) is 40.5 Å². The smallest absolute Gasteiger partial charge is 0.233 e. The monoisotopic (exact) mass is 476 g/mol. The van der Waals surface area contributed by atoms with Gasteiger partial charge in [0, 0.05) is 37.6 Å². The van der Waals surface area contributed by atoms with E-state index in [1.807, 2.05) is 61.8 Å². The largest absolute Gasteiger partial charge is 0.341 e. The zero-order valence-corrected chi connectivity index (χ0v) is 20.0. The number of nitrogens with zero attached hydrogens (tertiary/aromatic N) is 8. The van der Waals surface area contributed by atoms with Crippen LogP contribution in [0.1, 0.15) is 27.7 Å². The molecule has 0 aliphatic heterocycles. The third-order valence-corrected chi connectivity index (χ3v) is 5.02. The van der Waals surface area contributed by atoms with Crippen molar-refractivity contribution < 1.29 is 0 Å². The van der Waals surface area contributed by atoms with Crippen molar-refractivity contribution in [2.24, 2.45) is 0 Å². The maximum atomic E-state index is 6.09. The van der Waals surface area contributed by atoms with Gasteiger partial charge in [-0.25, -0.2) is 0 Å². The van der Waals surface area contributed by atoms with Crippen molar-refractivity contribution in [2.75, 3.05) is 46.6 Å². The van der Waals surface area contributed by atoms with Gasteiger partial charge >= 0.3 is 0 Å². The van der Waals surface area contributed by atoms with Crippen LogP contribution in [0.4, 0.5) is 35.2 Å². The van der Waals surface area contributed by atoms with Gasteiger partial charge in [0.15, 0.2) is 0 Å². The Kier molecular flexibility index (Phi) is 8.18. The van der Waals surface area contributed by atoms with Crippen LogP contribution in [0.2, 0.25) is 10.6 Å². The van der Waals surface area contributed by atoms with Gasteiger partial charge in [0.1, 0.15) is 0 Å². The maximum absolute atomic E-state index is 6.09. The molecule has 170 valence electrons. The minimum absolute atomic E-state index is 0.137. The molecule has 3 rings (SSSR count). The van der Waals surface area contributed by atoms with E-state index < -0.39 is 0 Å². The van der Waals surface area contributed by atoms with Crippen LogP contribution >= 0.6 is 23.2 Å². The molecule has 0 aliphatic rings. The fourth-order valence-electron chi connectivity index (χ4n) is 2.98. The molecular formula is C20H26Cl2N10. The molecule has 12 heteroatoms. The highest BCUT2D eigenvalue weighted by Crippen LogP contribution is 2.22. The van der Waals surface area contributed by atoms with E-state index in [0.717, 1.165) is 37.6 Å². The highest BCUT2D eigenvalue weighted by molar-refractivity contribution is 6.28. The lowest BCUT2D eigenvalue weighted by Crippen LogP contribution is -2.24. The van der Waals surface area contributed by atoms with E-state index in [1.54, 1.807) is 0 Å². The molecule has 0 amide bonds. The molecule has 1 aromatic carbocycles. The lowest BCUT2D eigenvalue weighted by atomic mass is 10.3. The summed E-state index contributed by atoms with van der Waals surface area (Å²) in [5.41, 5.74) is 1.58. The molecule has 10 nitrogen and oxygen atoms in total. The van der Waals surface area contributed by atoms with E-state index in [4.69, 9.17) is 23.2 Å². The van der Waals surface area contributed by atoms with Crippen molar-refractivity contribution in [3.63, 3.8) is 0 Å². The van der Waals surface area contributed by atoms with Crippen LogP contribution in [-0.4, -0.2) is 56.1 Å². The Morgan fingerprint density at radius 1 is 0.594 bits per heavy atom. The number of halogens is 2. The second-order valence-electron chi connectivity index (χ2n) is 6.63. The topological polar surface area (TPSA) is 108 Å². The molecule has 3 aromatic rings. The van der Waals surface area contributed by atoms with Gasteiger partial charge in [-0.2, -0.15) is 29.9 Å². The van der Waals surface area contributed by atoms with E-state index in [-0.39, 0.29) is 10.6 Å². The second kappa shape index (κ2) is 11.1. The molecule has 0 unspecified atom stereocenters. The maximum Gasteiger partial charge on any atom is 0.233 e. The van der Waals surface area contributed by atoms with Gasteiger partial charge in [-0.3, -0.25) is 0 Å². The fraction of sp³-hybridized carbons (Fsp3) is 0.400. The van der Waals surface area contributed by atoms with Gasteiger partial charge in [-0.05, 0) is 75.2 Å². The van der Waals surface area contributed by atoms with Crippen LogP contribution < -0.4 is 20.4 Å². The molecule has 2 heterocycles. The average Bonchev–Trinajstić information content (AvgIpc) is 2.76. The first-order valence-corrected chi connectivity index (χ1v) is 11.2. The van der Waals surface area contributed by atoms with Crippen molar-refractivity contribution >= 4 is 58.4 Å². The Morgan fingerprint density at radius 2 is 0.938 bits per heavy atom. The number of nitrogens with one attached hydrogen (secondary N) is 2. The number of anilines is 6. The second-order valence-corrected chi connectivity index (χ2v) is 7.30. The van der Waals surface area contributed by atoms with Gasteiger partial charge < -0.3 is 20.4 Å². The molecule has 2 N–H and O–H groups in total. The first-order valence-electron chi connectivity index (χ1n) is 10.4. The number of benzene rings is 1. The number of rotatable bonds is 10. The van der Waals surface area contributed by atoms with E-state index >= 15 is 0 Å². The normalized spacial score (nSPS) is 10.7. The predicted molar refractivity (Wildman–Crippen MR) is 130 cm³/mol. The van der Waals surface area contributed by atoms with Gasteiger partial charge in [0.2, 0.25) is 34.4 Å². The highest BCUT2D eigenvalue weighted by atomic mass is 35.5. The lowest BCUT2D eigenvalue weighted by molar-refractivity contribution is 0.813. The summed E-state index contributed by atoms with van der Waals surface area (Å²) in [6.07, 6.45) is 0. The molecule has 0 aliphatic carbocycles. The SMILES string of the molecule is CCN(CC)c1nc(Cl)nc(Nc2ccc(Nc3nc(Cl)nc(N(CC)CC)n3)cc2)n1. The average molecular weight is 477 g/mol. The lowest BCUT2D eigenvalue weighted by Gasteiger charge is -2.19. The molecule has 0 atom stereocenters. The standard InChI is InChI=1S/C20H26Cl2N10/c1-5-31(6-2)19-27-15(21)25-17(29-19)23-13-9-11-14(12-10-13)24-18-26-16(22)28-20(30-18)32(7-3)8-4/h9-12H,5-8H2,1-4H3,(H,23,25,27,29)(H,24,26,28,30). The van der Waals surface area contributed by atoms with Gasteiger partial charge in [-0.1, -0.05) is 0 Å².